The number of benzene rings is 1. The molecule has 0 aliphatic heterocycles. The molecule has 1 aromatic rings. The fourth-order valence-corrected chi connectivity index (χ4v) is 2.54. The van der Waals surface area contributed by atoms with E-state index in [2.05, 4.69) is 36.9 Å². The van der Waals surface area contributed by atoms with Crippen LogP contribution in [0.25, 0.3) is 0 Å². The van der Waals surface area contributed by atoms with Crippen LogP contribution < -0.4 is 10.5 Å². The van der Waals surface area contributed by atoms with Crippen LogP contribution in [0.2, 0.25) is 0 Å². The standard InChI is InChI=1S/C17H28N2O/c1-13(2)8-9-19(16-6-7-16)12-14-4-5-15(11-18)17(10-14)20-3/h4-5,10,13,16H,6-9,11-12,18H2,1-3H3. The van der Waals surface area contributed by atoms with Crippen LogP contribution in [-0.4, -0.2) is 24.6 Å². The van der Waals surface area contributed by atoms with Crippen molar-refractivity contribution in [3.63, 3.8) is 0 Å². The molecule has 0 bridgehead atoms. The van der Waals surface area contributed by atoms with Gasteiger partial charge in [0.25, 0.3) is 0 Å². The quantitative estimate of drug-likeness (QED) is 0.792. The fourth-order valence-electron chi connectivity index (χ4n) is 2.54. The summed E-state index contributed by atoms with van der Waals surface area (Å²) >= 11 is 0. The molecule has 0 spiro atoms. The molecule has 0 aromatic heterocycles. The number of methoxy groups -OCH3 is 1. The number of rotatable bonds is 8. The highest BCUT2D eigenvalue weighted by molar-refractivity contribution is 5.37. The van der Waals surface area contributed by atoms with Gasteiger partial charge in [-0.15, -0.1) is 0 Å². The van der Waals surface area contributed by atoms with Crippen molar-refractivity contribution in [3.8, 4) is 5.75 Å². The first kappa shape index (κ1) is 15.3. The normalized spacial score (nSPS) is 15.1. The second kappa shape index (κ2) is 7.09. The average Bonchev–Trinajstić information content (AvgIpc) is 3.27. The van der Waals surface area contributed by atoms with Crippen LogP contribution in [0.5, 0.6) is 5.75 Å². The monoisotopic (exact) mass is 276 g/mol. The van der Waals surface area contributed by atoms with Crippen molar-refractivity contribution in [2.24, 2.45) is 11.7 Å². The van der Waals surface area contributed by atoms with Crippen LogP contribution in [0, 0.1) is 5.92 Å². The molecule has 2 N–H and O–H groups in total. The molecule has 1 saturated carbocycles. The maximum atomic E-state index is 5.73. The zero-order valence-corrected chi connectivity index (χ0v) is 13.1. The number of ether oxygens (including phenoxy) is 1. The van der Waals surface area contributed by atoms with E-state index in [4.69, 9.17) is 10.5 Å². The van der Waals surface area contributed by atoms with E-state index < -0.39 is 0 Å². The largest absolute Gasteiger partial charge is 0.496 e. The van der Waals surface area contributed by atoms with Gasteiger partial charge in [0.1, 0.15) is 5.75 Å². The van der Waals surface area contributed by atoms with E-state index in [0.717, 1.165) is 29.8 Å². The Hall–Kier alpha value is -1.06. The summed E-state index contributed by atoms with van der Waals surface area (Å²) in [6.45, 7) is 7.35. The van der Waals surface area contributed by atoms with Crippen molar-refractivity contribution < 1.29 is 4.74 Å². The minimum Gasteiger partial charge on any atom is -0.496 e. The van der Waals surface area contributed by atoms with Crippen LogP contribution in [0.1, 0.15) is 44.2 Å². The van der Waals surface area contributed by atoms with Gasteiger partial charge < -0.3 is 10.5 Å². The number of nitrogens with two attached hydrogens (primary N) is 1. The lowest BCUT2D eigenvalue weighted by Gasteiger charge is -2.23. The van der Waals surface area contributed by atoms with Gasteiger partial charge >= 0.3 is 0 Å². The Morgan fingerprint density at radius 1 is 1.35 bits per heavy atom. The predicted molar refractivity (Wildman–Crippen MR) is 83.8 cm³/mol. The summed E-state index contributed by atoms with van der Waals surface area (Å²) < 4.78 is 5.43. The van der Waals surface area contributed by atoms with Crippen molar-refractivity contribution in [2.45, 2.75) is 52.2 Å². The molecular weight excluding hydrogens is 248 g/mol. The summed E-state index contributed by atoms with van der Waals surface area (Å²) in [5.41, 5.74) is 8.13. The highest BCUT2D eigenvalue weighted by atomic mass is 16.5. The first-order chi connectivity index (χ1) is 9.63. The van der Waals surface area contributed by atoms with E-state index in [1.54, 1.807) is 7.11 Å². The molecule has 20 heavy (non-hydrogen) atoms. The average molecular weight is 276 g/mol. The lowest BCUT2D eigenvalue weighted by atomic mass is 10.1. The number of nitrogens with zero attached hydrogens (tertiary/aromatic N) is 1. The summed E-state index contributed by atoms with van der Waals surface area (Å²) in [6, 6.07) is 7.23. The lowest BCUT2D eigenvalue weighted by Crippen LogP contribution is -2.27. The second-order valence-corrected chi connectivity index (χ2v) is 6.23. The summed E-state index contributed by atoms with van der Waals surface area (Å²) in [7, 11) is 1.72. The zero-order valence-electron chi connectivity index (χ0n) is 13.1. The molecule has 1 fully saturated rings. The molecule has 0 atom stereocenters. The maximum absolute atomic E-state index is 5.73. The van der Waals surface area contributed by atoms with Gasteiger partial charge in [-0.25, -0.2) is 0 Å². The number of hydrogen-bond donors (Lipinski definition) is 1. The number of hydrogen-bond acceptors (Lipinski definition) is 3. The SMILES string of the molecule is COc1cc(CN(CCC(C)C)C2CC2)ccc1CN. The lowest BCUT2D eigenvalue weighted by molar-refractivity contribution is 0.239. The molecule has 0 radical (unpaired) electrons. The van der Waals surface area contributed by atoms with Crippen LogP contribution in [0.4, 0.5) is 0 Å². The summed E-state index contributed by atoms with van der Waals surface area (Å²) in [5.74, 6) is 1.69. The molecule has 0 amide bonds. The van der Waals surface area contributed by atoms with Gasteiger partial charge in [-0.3, -0.25) is 4.90 Å². The van der Waals surface area contributed by atoms with Crippen LogP contribution in [-0.2, 0) is 13.1 Å². The Bertz CT molecular complexity index is 427. The molecule has 3 heteroatoms. The third-order valence-electron chi connectivity index (χ3n) is 4.01. The highest BCUT2D eigenvalue weighted by Gasteiger charge is 2.28. The van der Waals surface area contributed by atoms with Gasteiger partial charge in [0.15, 0.2) is 0 Å². The van der Waals surface area contributed by atoms with Gasteiger partial charge in [-0.2, -0.15) is 0 Å². The molecule has 3 nitrogen and oxygen atoms in total. The minimum absolute atomic E-state index is 0.531. The van der Waals surface area contributed by atoms with E-state index in [1.807, 2.05) is 0 Å². The first-order valence-electron chi connectivity index (χ1n) is 7.74. The molecule has 0 heterocycles. The fraction of sp³-hybridized carbons (Fsp3) is 0.647. The molecule has 1 aliphatic carbocycles. The van der Waals surface area contributed by atoms with Gasteiger partial charge in [0, 0.05) is 24.7 Å². The summed E-state index contributed by atoms with van der Waals surface area (Å²) in [5, 5.41) is 0. The molecular formula is C17H28N2O. The van der Waals surface area contributed by atoms with E-state index >= 15 is 0 Å². The van der Waals surface area contributed by atoms with Crippen molar-refractivity contribution in [1.82, 2.24) is 4.90 Å². The van der Waals surface area contributed by atoms with E-state index in [-0.39, 0.29) is 0 Å². The Kier molecular flexibility index (Phi) is 5.44. The van der Waals surface area contributed by atoms with E-state index in [1.165, 1.54) is 31.4 Å². The topological polar surface area (TPSA) is 38.5 Å². The Labute approximate surface area is 123 Å². The molecule has 0 unspecified atom stereocenters. The van der Waals surface area contributed by atoms with Crippen molar-refractivity contribution in [2.75, 3.05) is 13.7 Å². The van der Waals surface area contributed by atoms with Gasteiger partial charge in [-0.1, -0.05) is 26.0 Å². The van der Waals surface area contributed by atoms with Gasteiger partial charge in [0.05, 0.1) is 7.11 Å². The molecule has 1 aliphatic rings. The third kappa shape index (κ3) is 4.22. The van der Waals surface area contributed by atoms with Crippen LogP contribution in [0.3, 0.4) is 0 Å². The summed E-state index contributed by atoms with van der Waals surface area (Å²) in [6.07, 6.45) is 3.99. The smallest absolute Gasteiger partial charge is 0.123 e. The van der Waals surface area contributed by atoms with Gasteiger partial charge in [0.2, 0.25) is 0 Å². The molecule has 2 rings (SSSR count). The van der Waals surface area contributed by atoms with E-state index in [9.17, 15) is 0 Å². The second-order valence-electron chi connectivity index (χ2n) is 6.23. The maximum Gasteiger partial charge on any atom is 0.123 e. The zero-order chi connectivity index (χ0) is 14.5. The van der Waals surface area contributed by atoms with E-state index in [0.29, 0.717) is 6.54 Å². The molecule has 0 saturated heterocycles. The van der Waals surface area contributed by atoms with Crippen molar-refractivity contribution in [1.29, 1.82) is 0 Å². The van der Waals surface area contributed by atoms with Crippen molar-refractivity contribution in [3.05, 3.63) is 29.3 Å². The Morgan fingerprint density at radius 3 is 2.65 bits per heavy atom. The molecule has 112 valence electrons. The predicted octanol–water partition coefficient (Wildman–Crippen LogP) is 3.16. The minimum atomic E-state index is 0.531. The first-order valence-corrected chi connectivity index (χ1v) is 7.74. The Morgan fingerprint density at radius 2 is 2.10 bits per heavy atom. The van der Waals surface area contributed by atoms with Crippen LogP contribution in [0.15, 0.2) is 18.2 Å². The third-order valence-corrected chi connectivity index (χ3v) is 4.01. The highest BCUT2D eigenvalue weighted by Crippen LogP contribution is 2.30. The van der Waals surface area contributed by atoms with Gasteiger partial charge in [-0.05, 0) is 43.4 Å². The van der Waals surface area contributed by atoms with Crippen LogP contribution >= 0.6 is 0 Å². The van der Waals surface area contributed by atoms with Crippen molar-refractivity contribution >= 4 is 0 Å². The Balaban J connectivity index is 2.02. The molecule has 1 aromatic carbocycles. The summed E-state index contributed by atoms with van der Waals surface area (Å²) in [4.78, 5) is 2.62.